The number of likely N-dealkylation sites (N-methyl/N-ethyl adjacent to an activating group) is 2. The summed E-state index contributed by atoms with van der Waals surface area (Å²) >= 11 is 0. The number of anilines is 2. The fraction of sp³-hybridized carbons (Fsp3) is 0.600. The van der Waals surface area contributed by atoms with Crippen molar-refractivity contribution < 1.29 is 9.59 Å². The molecule has 146 valence electrons. The molecule has 0 heterocycles. The Bertz CT molecular complexity index is 608. The predicted molar refractivity (Wildman–Crippen MR) is 109 cm³/mol. The number of nitrogens with one attached hydrogen (secondary N) is 2. The Hall–Kier alpha value is -1.92. The first-order valence-corrected chi connectivity index (χ1v) is 9.50. The smallest absolute Gasteiger partial charge is 0.238 e. The average molecular weight is 363 g/mol. The van der Waals surface area contributed by atoms with Crippen LogP contribution in [-0.4, -0.2) is 60.9 Å². The minimum Gasteiger partial charge on any atom is -0.325 e. The first kappa shape index (κ1) is 22.1. The normalized spacial score (nSPS) is 11.1. The molecule has 0 atom stereocenters. The number of rotatable bonds is 10. The van der Waals surface area contributed by atoms with E-state index in [0.717, 1.165) is 48.7 Å². The Morgan fingerprint density at radius 1 is 0.808 bits per heavy atom. The van der Waals surface area contributed by atoms with Crippen molar-refractivity contribution >= 4 is 23.2 Å². The van der Waals surface area contributed by atoms with Gasteiger partial charge in [-0.05, 0) is 57.2 Å². The molecule has 2 N–H and O–H groups in total. The lowest BCUT2D eigenvalue weighted by atomic mass is 10.1. The van der Waals surface area contributed by atoms with Crippen molar-refractivity contribution in [1.29, 1.82) is 0 Å². The van der Waals surface area contributed by atoms with Gasteiger partial charge in [0, 0.05) is 11.4 Å². The van der Waals surface area contributed by atoms with Crippen LogP contribution in [0.15, 0.2) is 12.1 Å². The quantitative estimate of drug-likeness (QED) is 0.672. The molecule has 0 spiro atoms. The summed E-state index contributed by atoms with van der Waals surface area (Å²) in [6.45, 7) is 16.1. The number of aryl methyl sites for hydroxylation is 1. The fourth-order valence-corrected chi connectivity index (χ4v) is 2.84. The van der Waals surface area contributed by atoms with E-state index in [1.54, 1.807) is 0 Å². The monoisotopic (exact) mass is 362 g/mol. The van der Waals surface area contributed by atoms with Crippen LogP contribution < -0.4 is 10.6 Å². The second-order valence-electron chi connectivity index (χ2n) is 6.45. The van der Waals surface area contributed by atoms with Gasteiger partial charge in [0.25, 0.3) is 0 Å². The molecule has 0 radical (unpaired) electrons. The van der Waals surface area contributed by atoms with Gasteiger partial charge < -0.3 is 10.6 Å². The van der Waals surface area contributed by atoms with Gasteiger partial charge in [-0.15, -0.1) is 0 Å². The van der Waals surface area contributed by atoms with Crippen LogP contribution in [0.1, 0.15) is 38.8 Å². The highest BCUT2D eigenvalue weighted by molar-refractivity contribution is 5.97. The molecule has 1 rings (SSSR count). The standard InChI is InChI=1S/C20H34N4O2/c1-7-23(8-2)13-18(25)21-17-12-11-15(5)20(16(17)6)22-19(26)14-24(9-3)10-4/h11-12H,7-10,13-14H2,1-6H3,(H,21,25)(H,22,26). The molecule has 1 aromatic carbocycles. The van der Waals surface area contributed by atoms with E-state index in [9.17, 15) is 9.59 Å². The van der Waals surface area contributed by atoms with Crippen LogP contribution in [0.25, 0.3) is 0 Å². The second-order valence-corrected chi connectivity index (χ2v) is 6.45. The SMILES string of the molecule is CCN(CC)CC(=O)Nc1ccc(C)c(NC(=O)CN(CC)CC)c1C. The Morgan fingerprint density at radius 3 is 1.73 bits per heavy atom. The van der Waals surface area contributed by atoms with Gasteiger partial charge in [0.1, 0.15) is 0 Å². The van der Waals surface area contributed by atoms with E-state index in [0.29, 0.717) is 13.1 Å². The van der Waals surface area contributed by atoms with Gasteiger partial charge in [0.05, 0.1) is 13.1 Å². The van der Waals surface area contributed by atoms with Gasteiger partial charge >= 0.3 is 0 Å². The van der Waals surface area contributed by atoms with E-state index in [1.165, 1.54) is 0 Å². The first-order valence-electron chi connectivity index (χ1n) is 9.50. The highest BCUT2D eigenvalue weighted by Crippen LogP contribution is 2.27. The largest absolute Gasteiger partial charge is 0.325 e. The van der Waals surface area contributed by atoms with Crippen LogP contribution in [0.3, 0.4) is 0 Å². The third-order valence-electron chi connectivity index (χ3n) is 4.74. The summed E-state index contributed by atoms with van der Waals surface area (Å²) in [5.74, 6) is -0.0763. The first-order chi connectivity index (χ1) is 12.4. The molecule has 0 aliphatic rings. The summed E-state index contributed by atoms with van der Waals surface area (Å²) in [5.41, 5.74) is 3.39. The molecule has 6 nitrogen and oxygen atoms in total. The third kappa shape index (κ3) is 6.42. The zero-order chi connectivity index (χ0) is 19.7. The summed E-state index contributed by atoms with van der Waals surface area (Å²) in [6, 6.07) is 3.82. The summed E-state index contributed by atoms with van der Waals surface area (Å²) in [4.78, 5) is 28.8. The van der Waals surface area contributed by atoms with Gasteiger partial charge in [-0.1, -0.05) is 33.8 Å². The molecule has 0 unspecified atom stereocenters. The zero-order valence-corrected chi connectivity index (χ0v) is 17.1. The van der Waals surface area contributed by atoms with Crippen molar-refractivity contribution in [3.8, 4) is 0 Å². The van der Waals surface area contributed by atoms with Crippen molar-refractivity contribution in [3.05, 3.63) is 23.3 Å². The number of carbonyl (C=O) groups excluding carboxylic acids is 2. The second kappa shape index (κ2) is 10.9. The topological polar surface area (TPSA) is 64.7 Å². The van der Waals surface area contributed by atoms with E-state index in [-0.39, 0.29) is 11.8 Å². The van der Waals surface area contributed by atoms with Gasteiger partial charge in [-0.25, -0.2) is 0 Å². The van der Waals surface area contributed by atoms with Crippen LogP contribution in [-0.2, 0) is 9.59 Å². The lowest BCUT2D eigenvalue weighted by Crippen LogP contribution is -2.34. The van der Waals surface area contributed by atoms with E-state index >= 15 is 0 Å². The van der Waals surface area contributed by atoms with Crippen LogP contribution >= 0.6 is 0 Å². The van der Waals surface area contributed by atoms with Gasteiger partial charge in [0.2, 0.25) is 11.8 Å². The maximum absolute atomic E-state index is 12.4. The van der Waals surface area contributed by atoms with Crippen molar-refractivity contribution in [1.82, 2.24) is 9.80 Å². The fourth-order valence-electron chi connectivity index (χ4n) is 2.84. The highest BCUT2D eigenvalue weighted by atomic mass is 16.2. The molecule has 2 amide bonds. The van der Waals surface area contributed by atoms with Gasteiger partial charge in [0.15, 0.2) is 0 Å². The van der Waals surface area contributed by atoms with Crippen molar-refractivity contribution in [2.45, 2.75) is 41.5 Å². The molecule has 6 heteroatoms. The van der Waals surface area contributed by atoms with E-state index in [4.69, 9.17) is 0 Å². The Balaban J connectivity index is 2.87. The molecule has 1 aromatic rings. The molecule has 26 heavy (non-hydrogen) atoms. The van der Waals surface area contributed by atoms with Crippen LogP contribution in [0.5, 0.6) is 0 Å². The molecule has 0 aliphatic heterocycles. The summed E-state index contributed by atoms with van der Waals surface area (Å²) in [7, 11) is 0. The van der Waals surface area contributed by atoms with E-state index < -0.39 is 0 Å². The number of amides is 2. The summed E-state index contributed by atoms with van der Waals surface area (Å²) < 4.78 is 0. The number of hydrogen-bond donors (Lipinski definition) is 2. The molecule has 0 bridgehead atoms. The Morgan fingerprint density at radius 2 is 1.27 bits per heavy atom. The van der Waals surface area contributed by atoms with E-state index in [2.05, 4.69) is 20.4 Å². The lowest BCUT2D eigenvalue weighted by Gasteiger charge is -2.21. The minimum atomic E-state index is -0.0407. The van der Waals surface area contributed by atoms with Gasteiger partial charge in [-0.3, -0.25) is 19.4 Å². The molecule has 0 saturated carbocycles. The third-order valence-corrected chi connectivity index (χ3v) is 4.74. The molecule has 0 fully saturated rings. The van der Waals surface area contributed by atoms with E-state index in [1.807, 2.05) is 53.7 Å². The Kier molecular flexibility index (Phi) is 9.30. The zero-order valence-electron chi connectivity index (χ0n) is 17.1. The van der Waals surface area contributed by atoms with Crippen molar-refractivity contribution in [2.24, 2.45) is 0 Å². The molecular weight excluding hydrogens is 328 g/mol. The lowest BCUT2D eigenvalue weighted by molar-refractivity contribution is -0.118. The number of carbonyl (C=O) groups is 2. The van der Waals surface area contributed by atoms with Crippen LogP contribution in [0.2, 0.25) is 0 Å². The van der Waals surface area contributed by atoms with Crippen molar-refractivity contribution in [2.75, 3.05) is 49.9 Å². The Labute approximate surface area is 157 Å². The highest BCUT2D eigenvalue weighted by Gasteiger charge is 2.15. The van der Waals surface area contributed by atoms with Crippen LogP contribution in [0, 0.1) is 13.8 Å². The number of nitrogens with zero attached hydrogens (tertiary/aromatic N) is 2. The molecule has 0 saturated heterocycles. The maximum atomic E-state index is 12.4. The average Bonchev–Trinajstić information content (AvgIpc) is 2.63. The van der Waals surface area contributed by atoms with Crippen molar-refractivity contribution in [3.63, 3.8) is 0 Å². The minimum absolute atomic E-state index is 0.0356. The number of hydrogen-bond acceptors (Lipinski definition) is 4. The number of benzene rings is 1. The summed E-state index contributed by atoms with van der Waals surface area (Å²) in [5, 5.41) is 5.98. The maximum Gasteiger partial charge on any atom is 0.238 e. The predicted octanol–water partition coefficient (Wildman–Crippen LogP) is 2.86. The van der Waals surface area contributed by atoms with Crippen LogP contribution in [0.4, 0.5) is 11.4 Å². The summed E-state index contributed by atoms with van der Waals surface area (Å²) in [6.07, 6.45) is 0. The molecule has 0 aromatic heterocycles. The molecular formula is C20H34N4O2. The van der Waals surface area contributed by atoms with Gasteiger partial charge in [-0.2, -0.15) is 0 Å². The molecule has 0 aliphatic carbocycles.